The number of esters is 1. The summed E-state index contributed by atoms with van der Waals surface area (Å²) in [5.74, 6) is -0.450. The van der Waals surface area contributed by atoms with Crippen molar-refractivity contribution >= 4 is 11.7 Å². The molecule has 0 spiro atoms. The molecule has 0 saturated carbocycles. The molecule has 3 atom stereocenters. The van der Waals surface area contributed by atoms with Crippen molar-refractivity contribution in [3.63, 3.8) is 0 Å². The van der Waals surface area contributed by atoms with E-state index < -0.39 is 24.2 Å². The van der Waals surface area contributed by atoms with Gasteiger partial charge < -0.3 is 4.74 Å². The molecule has 3 aromatic carbocycles. The zero-order chi connectivity index (χ0) is 21.1. The molecule has 0 aliphatic carbocycles. The van der Waals surface area contributed by atoms with Crippen LogP contribution in [0.2, 0.25) is 0 Å². The van der Waals surface area contributed by atoms with E-state index in [0.29, 0.717) is 11.3 Å². The quantitative estimate of drug-likeness (QED) is 0.357. The third-order valence-electron chi connectivity index (χ3n) is 5.17. The molecule has 1 aliphatic heterocycles. The van der Waals surface area contributed by atoms with Crippen molar-refractivity contribution in [3.05, 3.63) is 112 Å². The van der Waals surface area contributed by atoms with Gasteiger partial charge in [-0.3, -0.25) is 15.0 Å². The Bertz CT molecular complexity index is 1020. The lowest BCUT2D eigenvalue weighted by molar-refractivity contribution is -0.531. The molecule has 0 radical (unpaired) electrons. The third-order valence-corrected chi connectivity index (χ3v) is 5.17. The Morgan fingerprint density at radius 3 is 2.03 bits per heavy atom. The van der Waals surface area contributed by atoms with Gasteiger partial charge in [-0.1, -0.05) is 60.7 Å². The highest BCUT2D eigenvalue weighted by Gasteiger charge is 2.53. The smallest absolute Gasteiger partial charge is 0.337 e. The van der Waals surface area contributed by atoms with Crippen molar-refractivity contribution in [2.24, 2.45) is 0 Å². The number of carbonyl (C=O) groups excluding carboxylic acids is 1. The van der Waals surface area contributed by atoms with Gasteiger partial charge in [0.1, 0.15) is 0 Å². The number of methoxy groups -OCH3 is 1. The first-order chi connectivity index (χ1) is 14.6. The summed E-state index contributed by atoms with van der Waals surface area (Å²) in [4.78, 5) is 29.8. The lowest BCUT2D eigenvalue weighted by Crippen LogP contribution is -2.32. The summed E-state index contributed by atoms with van der Waals surface area (Å²) in [7, 11) is 1.32. The number of rotatable bonds is 5. The minimum absolute atomic E-state index is 0.280. The molecule has 1 fully saturated rings. The molecule has 7 heteroatoms. The van der Waals surface area contributed by atoms with E-state index in [1.54, 1.807) is 29.3 Å². The van der Waals surface area contributed by atoms with Gasteiger partial charge in [0, 0.05) is 4.92 Å². The number of benzene rings is 3. The van der Waals surface area contributed by atoms with Crippen LogP contribution in [0, 0.1) is 10.1 Å². The summed E-state index contributed by atoms with van der Waals surface area (Å²) in [5, 5.41) is 13.7. The number of hydroxylamine groups is 1. The molecule has 1 aliphatic rings. The summed E-state index contributed by atoms with van der Waals surface area (Å²) >= 11 is 0. The number of hydrogen-bond acceptors (Lipinski definition) is 6. The zero-order valence-electron chi connectivity index (χ0n) is 16.3. The van der Waals surface area contributed by atoms with Gasteiger partial charge in [-0.15, -0.1) is 0 Å². The fraction of sp³-hybridized carbons (Fsp3) is 0.174. The minimum Gasteiger partial charge on any atom is -0.465 e. The number of carbonyl (C=O) groups is 1. The molecule has 0 N–H and O–H groups in total. The second-order valence-corrected chi connectivity index (χ2v) is 6.93. The molecule has 152 valence electrons. The number of nitro groups is 1. The normalized spacial score (nSPS) is 20.7. The van der Waals surface area contributed by atoms with Gasteiger partial charge in [-0.2, -0.15) is 0 Å². The summed E-state index contributed by atoms with van der Waals surface area (Å²) in [5.41, 5.74) is 2.51. The molecule has 30 heavy (non-hydrogen) atoms. The van der Waals surface area contributed by atoms with Gasteiger partial charge >= 0.3 is 5.97 Å². The summed E-state index contributed by atoms with van der Waals surface area (Å²) < 4.78 is 4.74. The lowest BCUT2D eigenvalue weighted by Gasteiger charge is -2.24. The second kappa shape index (κ2) is 8.34. The Morgan fingerprint density at radius 1 is 0.933 bits per heavy atom. The first kappa shape index (κ1) is 19.6. The Hall–Kier alpha value is -3.71. The van der Waals surface area contributed by atoms with E-state index >= 15 is 0 Å². The van der Waals surface area contributed by atoms with Crippen LogP contribution in [0.3, 0.4) is 0 Å². The maximum Gasteiger partial charge on any atom is 0.337 e. The van der Waals surface area contributed by atoms with Crippen molar-refractivity contribution in [1.82, 2.24) is 0 Å². The van der Waals surface area contributed by atoms with Crippen LogP contribution in [0.4, 0.5) is 5.69 Å². The van der Waals surface area contributed by atoms with Crippen LogP contribution < -0.4 is 5.06 Å². The molecule has 7 nitrogen and oxygen atoms in total. The molecule has 0 amide bonds. The van der Waals surface area contributed by atoms with Gasteiger partial charge in [0.2, 0.25) is 0 Å². The van der Waals surface area contributed by atoms with Crippen LogP contribution in [0.1, 0.15) is 33.6 Å². The van der Waals surface area contributed by atoms with E-state index in [1.807, 2.05) is 60.7 Å². The summed E-state index contributed by atoms with van der Waals surface area (Å²) in [6.45, 7) is 0. The zero-order valence-corrected chi connectivity index (χ0v) is 16.3. The number of ether oxygens (including phenoxy) is 1. The first-order valence-electron chi connectivity index (χ1n) is 9.48. The lowest BCUT2D eigenvalue weighted by atomic mass is 9.93. The van der Waals surface area contributed by atoms with Gasteiger partial charge in [0.15, 0.2) is 12.1 Å². The highest BCUT2D eigenvalue weighted by Crippen LogP contribution is 2.45. The standard InChI is InChI=1S/C23H20N2O5/c1-29-23(26)18-12-14-19(15-13-18)24-20(16-8-4-2-5-9-16)21(25(27)28)22(30-24)17-10-6-3-7-11-17/h2-15,20-22H,1H3/t20-,21-,22+/m1/s1. The molecule has 1 heterocycles. The Morgan fingerprint density at radius 2 is 1.50 bits per heavy atom. The fourth-order valence-electron chi connectivity index (χ4n) is 3.75. The summed E-state index contributed by atoms with van der Waals surface area (Å²) in [6.07, 6.45) is -0.758. The number of nitrogens with zero attached hydrogens (tertiary/aromatic N) is 2. The maximum atomic E-state index is 12.2. The van der Waals surface area contributed by atoms with Crippen LogP contribution in [-0.2, 0) is 9.57 Å². The predicted molar refractivity (Wildman–Crippen MR) is 110 cm³/mol. The Kier molecular flexibility index (Phi) is 5.45. The molecule has 0 bridgehead atoms. The van der Waals surface area contributed by atoms with Crippen LogP contribution in [-0.4, -0.2) is 24.0 Å². The highest BCUT2D eigenvalue weighted by atomic mass is 16.7. The number of hydrogen-bond donors (Lipinski definition) is 0. The molecule has 1 saturated heterocycles. The van der Waals surface area contributed by atoms with Gasteiger partial charge in [-0.05, 0) is 35.4 Å². The van der Waals surface area contributed by atoms with Crippen molar-refractivity contribution in [2.75, 3.05) is 12.2 Å². The third kappa shape index (κ3) is 3.62. The Labute approximate surface area is 173 Å². The maximum absolute atomic E-state index is 12.2. The SMILES string of the molecule is COC(=O)c1ccc(N2O[C@@H](c3ccccc3)[C@H]([N+](=O)[O-])[C@H]2c2ccccc2)cc1. The van der Waals surface area contributed by atoms with Crippen LogP contribution in [0.5, 0.6) is 0 Å². The van der Waals surface area contributed by atoms with Crippen LogP contribution in [0.25, 0.3) is 0 Å². The topological polar surface area (TPSA) is 81.9 Å². The summed E-state index contributed by atoms with van der Waals surface area (Å²) in [6, 6.07) is 23.4. The predicted octanol–water partition coefficient (Wildman–Crippen LogP) is 4.35. The average Bonchev–Trinajstić information content (AvgIpc) is 3.21. The molecule has 3 aromatic rings. The van der Waals surface area contributed by atoms with Crippen molar-refractivity contribution in [2.45, 2.75) is 18.2 Å². The van der Waals surface area contributed by atoms with E-state index in [2.05, 4.69) is 0 Å². The van der Waals surface area contributed by atoms with Crippen molar-refractivity contribution in [3.8, 4) is 0 Å². The number of anilines is 1. The second-order valence-electron chi connectivity index (χ2n) is 6.93. The molecule has 0 unspecified atom stereocenters. The highest BCUT2D eigenvalue weighted by molar-refractivity contribution is 5.89. The van der Waals surface area contributed by atoms with Gasteiger partial charge in [0.25, 0.3) is 6.04 Å². The first-order valence-corrected chi connectivity index (χ1v) is 9.48. The molecular formula is C23H20N2O5. The van der Waals surface area contributed by atoms with Gasteiger partial charge in [-0.25, -0.2) is 9.86 Å². The van der Waals surface area contributed by atoms with E-state index in [4.69, 9.17) is 9.57 Å². The van der Waals surface area contributed by atoms with E-state index in [9.17, 15) is 14.9 Å². The molecular weight excluding hydrogens is 384 g/mol. The van der Waals surface area contributed by atoms with Crippen molar-refractivity contribution < 1.29 is 19.3 Å². The Balaban J connectivity index is 1.79. The molecule has 4 rings (SSSR count). The van der Waals surface area contributed by atoms with E-state index in [0.717, 1.165) is 11.1 Å². The van der Waals surface area contributed by atoms with E-state index in [-0.39, 0.29) is 4.92 Å². The monoisotopic (exact) mass is 404 g/mol. The van der Waals surface area contributed by atoms with Crippen LogP contribution in [0.15, 0.2) is 84.9 Å². The fourth-order valence-corrected chi connectivity index (χ4v) is 3.75. The minimum atomic E-state index is -1.02. The average molecular weight is 404 g/mol. The van der Waals surface area contributed by atoms with Crippen molar-refractivity contribution in [1.29, 1.82) is 0 Å². The van der Waals surface area contributed by atoms with E-state index in [1.165, 1.54) is 7.11 Å². The largest absolute Gasteiger partial charge is 0.465 e. The molecule has 0 aromatic heterocycles. The van der Waals surface area contributed by atoms with Crippen LogP contribution >= 0.6 is 0 Å². The van der Waals surface area contributed by atoms with Gasteiger partial charge in [0.05, 0.1) is 18.4 Å².